The lowest BCUT2D eigenvalue weighted by Gasteiger charge is -2.11. The van der Waals surface area contributed by atoms with Gasteiger partial charge in [0.1, 0.15) is 17.6 Å². The molecular weight excluding hydrogens is 247 g/mol. The number of aliphatic carboxylic acids is 2. The van der Waals surface area contributed by atoms with Crippen molar-refractivity contribution in [2.45, 2.75) is 12.5 Å². The Morgan fingerprint density at radius 1 is 1.33 bits per heavy atom. The zero-order valence-electron chi connectivity index (χ0n) is 8.96. The second-order valence-electron chi connectivity index (χ2n) is 3.32. The lowest BCUT2D eigenvalue weighted by molar-refractivity contribution is -0.145. The van der Waals surface area contributed by atoms with Gasteiger partial charge in [0.15, 0.2) is 0 Å². The molecule has 0 unspecified atom stereocenters. The third-order valence-corrected chi connectivity index (χ3v) is 1.94. The number of amides is 1. The number of halogens is 1. The van der Waals surface area contributed by atoms with Gasteiger partial charge in [-0.2, -0.15) is 0 Å². The highest BCUT2D eigenvalue weighted by molar-refractivity contribution is 5.95. The Bertz CT molecular complexity index is 474. The second kappa shape index (κ2) is 5.71. The van der Waals surface area contributed by atoms with Crippen molar-refractivity contribution in [3.8, 4) is 0 Å². The molecule has 96 valence electrons. The monoisotopic (exact) mass is 256 g/mol. The molecule has 1 aromatic heterocycles. The van der Waals surface area contributed by atoms with Crippen LogP contribution in [-0.2, 0) is 9.59 Å². The lowest BCUT2D eigenvalue weighted by Crippen LogP contribution is -2.42. The van der Waals surface area contributed by atoms with E-state index in [1.54, 1.807) is 0 Å². The van der Waals surface area contributed by atoms with Crippen LogP contribution in [0.2, 0.25) is 0 Å². The van der Waals surface area contributed by atoms with Gasteiger partial charge < -0.3 is 15.5 Å². The number of aromatic nitrogens is 1. The molecule has 1 atom stereocenters. The van der Waals surface area contributed by atoms with E-state index in [2.05, 4.69) is 4.98 Å². The Kier molecular flexibility index (Phi) is 4.30. The fourth-order valence-corrected chi connectivity index (χ4v) is 1.12. The van der Waals surface area contributed by atoms with E-state index in [-0.39, 0.29) is 5.69 Å². The van der Waals surface area contributed by atoms with Crippen molar-refractivity contribution in [2.24, 2.45) is 0 Å². The molecule has 0 saturated carbocycles. The van der Waals surface area contributed by atoms with Gasteiger partial charge in [-0.25, -0.2) is 14.2 Å². The van der Waals surface area contributed by atoms with E-state index in [0.717, 1.165) is 18.3 Å². The third-order valence-electron chi connectivity index (χ3n) is 1.94. The number of nitrogens with zero attached hydrogens (tertiary/aromatic N) is 1. The molecule has 0 spiro atoms. The number of carbonyl (C=O) groups excluding carboxylic acids is 1. The van der Waals surface area contributed by atoms with Crippen LogP contribution >= 0.6 is 0 Å². The molecule has 0 radical (unpaired) electrons. The average molecular weight is 256 g/mol. The smallest absolute Gasteiger partial charge is 0.326 e. The third kappa shape index (κ3) is 3.81. The summed E-state index contributed by atoms with van der Waals surface area (Å²) in [5.74, 6) is -4.38. The highest BCUT2D eigenvalue weighted by Crippen LogP contribution is 2.00. The number of pyridine rings is 1. The molecule has 0 bridgehead atoms. The Hall–Kier alpha value is -2.51. The summed E-state index contributed by atoms with van der Waals surface area (Å²) in [6, 6.07) is 0.473. The lowest BCUT2D eigenvalue weighted by atomic mass is 10.2. The Morgan fingerprint density at radius 3 is 2.44 bits per heavy atom. The summed E-state index contributed by atoms with van der Waals surface area (Å²) in [6.07, 6.45) is 0.0319. The van der Waals surface area contributed by atoms with E-state index in [1.807, 2.05) is 5.32 Å². The molecule has 7 nitrogen and oxygen atoms in total. The molecule has 0 aliphatic heterocycles. The summed E-state index contributed by atoms with van der Waals surface area (Å²) in [5.41, 5.74) is -0.201. The van der Waals surface area contributed by atoms with E-state index in [1.165, 1.54) is 0 Å². The van der Waals surface area contributed by atoms with Crippen molar-refractivity contribution in [2.75, 3.05) is 0 Å². The van der Waals surface area contributed by atoms with Gasteiger partial charge in [0.05, 0.1) is 12.6 Å². The summed E-state index contributed by atoms with van der Waals surface area (Å²) < 4.78 is 12.5. The molecule has 1 amide bonds. The van der Waals surface area contributed by atoms with E-state index >= 15 is 0 Å². The molecule has 0 aliphatic carbocycles. The molecule has 0 fully saturated rings. The Balaban J connectivity index is 2.75. The summed E-state index contributed by atoms with van der Waals surface area (Å²) >= 11 is 0. The zero-order valence-corrected chi connectivity index (χ0v) is 8.96. The number of rotatable bonds is 5. The maximum absolute atomic E-state index is 12.5. The summed E-state index contributed by atoms with van der Waals surface area (Å²) in [6.45, 7) is 0. The van der Waals surface area contributed by atoms with Gasteiger partial charge in [-0.3, -0.25) is 9.59 Å². The minimum absolute atomic E-state index is 0.201. The minimum atomic E-state index is -1.57. The van der Waals surface area contributed by atoms with Crippen molar-refractivity contribution < 1.29 is 29.0 Å². The molecular formula is C10H9FN2O5. The predicted molar refractivity (Wildman–Crippen MR) is 55.3 cm³/mol. The van der Waals surface area contributed by atoms with E-state index in [9.17, 15) is 18.8 Å². The normalized spacial score (nSPS) is 11.6. The Morgan fingerprint density at radius 2 is 2.00 bits per heavy atom. The molecule has 3 N–H and O–H groups in total. The zero-order chi connectivity index (χ0) is 13.7. The van der Waals surface area contributed by atoms with Crippen LogP contribution in [0.1, 0.15) is 16.9 Å². The van der Waals surface area contributed by atoms with Crippen LogP contribution in [0, 0.1) is 5.82 Å². The van der Waals surface area contributed by atoms with Gasteiger partial charge in [0.25, 0.3) is 5.91 Å². The number of hydrogen-bond donors (Lipinski definition) is 3. The maximum atomic E-state index is 12.5. The fraction of sp³-hybridized carbons (Fsp3) is 0.200. The van der Waals surface area contributed by atoms with Crippen LogP contribution in [0.5, 0.6) is 0 Å². The topological polar surface area (TPSA) is 117 Å². The number of nitrogens with one attached hydrogen (secondary N) is 1. The van der Waals surface area contributed by atoms with Crippen LogP contribution in [0.3, 0.4) is 0 Å². The molecule has 0 saturated heterocycles. The van der Waals surface area contributed by atoms with Crippen molar-refractivity contribution in [1.82, 2.24) is 10.3 Å². The summed E-state index contributed by atoms with van der Waals surface area (Å²) in [5, 5.41) is 19.2. The maximum Gasteiger partial charge on any atom is 0.326 e. The molecule has 18 heavy (non-hydrogen) atoms. The van der Waals surface area contributed by atoms with Crippen LogP contribution < -0.4 is 5.32 Å². The number of carboxylic acid groups (broad SMARTS) is 2. The van der Waals surface area contributed by atoms with Crippen molar-refractivity contribution in [1.29, 1.82) is 0 Å². The first-order valence-electron chi connectivity index (χ1n) is 4.77. The number of carboxylic acids is 2. The average Bonchev–Trinajstić information content (AvgIpc) is 2.28. The SMILES string of the molecule is O=C(O)C[C@@H](NC(=O)c1ccc(F)cn1)C(=O)O. The second-order valence-corrected chi connectivity index (χ2v) is 3.32. The molecule has 8 heteroatoms. The highest BCUT2D eigenvalue weighted by atomic mass is 19.1. The van der Waals surface area contributed by atoms with Gasteiger partial charge in [0.2, 0.25) is 0 Å². The Labute approximate surface area is 100 Å². The number of carbonyl (C=O) groups is 3. The standard InChI is InChI=1S/C10H9FN2O5/c11-5-1-2-6(12-4-5)9(16)13-7(10(17)18)3-8(14)15/h1-2,4,7H,3H2,(H,13,16)(H,14,15)(H,17,18)/t7-/m1/s1. The molecule has 1 rings (SSSR count). The number of hydrogen-bond acceptors (Lipinski definition) is 4. The van der Waals surface area contributed by atoms with E-state index < -0.39 is 36.1 Å². The van der Waals surface area contributed by atoms with Gasteiger partial charge in [-0.15, -0.1) is 0 Å². The van der Waals surface area contributed by atoms with E-state index in [4.69, 9.17) is 10.2 Å². The largest absolute Gasteiger partial charge is 0.481 e. The first kappa shape index (κ1) is 13.6. The quantitative estimate of drug-likeness (QED) is 0.676. The fourth-order valence-electron chi connectivity index (χ4n) is 1.12. The molecule has 1 heterocycles. The predicted octanol–water partition coefficient (Wildman–Crippen LogP) is -0.122. The van der Waals surface area contributed by atoms with Crippen LogP contribution in [0.4, 0.5) is 4.39 Å². The molecule has 0 aliphatic rings. The van der Waals surface area contributed by atoms with Crippen molar-refractivity contribution in [3.63, 3.8) is 0 Å². The van der Waals surface area contributed by atoms with Gasteiger partial charge in [0, 0.05) is 0 Å². The van der Waals surface area contributed by atoms with Gasteiger partial charge >= 0.3 is 11.9 Å². The van der Waals surface area contributed by atoms with Crippen LogP contribution in [0.25, 0.3) is 0 Å². The summed E-state index contributed by atoms with van der Waals surface area (Å²) in [7, 11) is 0. The van der Waals surface area contributed by atoms with E-state index in [0.29, 0.717) is 0 Å². The van der Waals surface area contributed by atoms with Gasteiger partial charge in [-0.1, -0.05) is 0 Å². The van der Waals surface area contributed by atoms with Crippen LogP contribution in [-0.4, -0.2) is 39.1 Å². The highest BCUT2D eigenvalue weighted by Gasteiger charge is 2.23. The first-order valence-corrected chi connectivity index (χ1v) is 4.77. The van der Waals surface area contributed by atoms with Gasteiger partial charge in [-0.05, 0) is 12.1 Å². The molecule has 1 aromatic rings. The van der Waals surface area contributed by atoms with Crippen molar-refractivity contribution >= 4 is 17.8 Å². The van der Waals surface area contributed by atoms with Crippen LogP contribution in [0.15, 0.2) is 18.3 Å². The summed E-state index contributed by atoms with van der Waals surface area (Å²) in [4.78, 5) is 36.0. The molecule has 0 aromatic carbocycles. The van der Waals surface area contributed by atoms with Crippen molar-refractivity contribution in [3.05, 3.63) is 29.8 Å². The first-order chi connectivity index (χ1) is 8.40. The minimum Gasteiger partial charge on any atom is -0.481 e.